The number of benzene rings is 1. The molecule has 0 aliphatic carbocycles. The number of ether oxygens (including phenoxy) is 1. The van der Waals surface area contributed by atoms with Crippen molar-refractivity contribution in [3.8, 4) is 0 Å². The van der Waals surface area contributed by atoms with E-state index >= 15 is 0 Å². The number of hydrogen-bond donors (Lipinski definition) is 1. The highest BCUT2D eigenvalue weighted by molar-refractivity contribution is 5.70. The molecule has 0 aliphatic heterocycles. The van der Waals surface area contributed by atoms with Crippen molar-refractivity contribution >= 4 is 5.97 Å². The van der Waals surface area contributed by atoms with Gasteiger partial charge >= 0.3 is 5.97 Å². The Morgan fingerprint density at radius 1 is 1.20 bits per heavy atom. The van der Waals surface area contributed by atoms with Crippen LogP contribution in [0.1, 0.15) is 52.7 Å². The van der Waals surface area contributed by atoms with Gasteiger partial charge in [-0.2, -0.15) is 0 Å². The fourth-order valence-corrected chi connectivity index (χ4v) is 2.18. The molecule has 3 heteroatoms. The lowest BCUT2D eigenvalue weighted by Gasteiger charge is -2.28. The molecular formula is C17H26O3. The summed E-state index contributed by atoms with van der Waals surface area (Å²) in [7, 11) is 0. The molecular weight excluding hydrogens is 252 g/mol. The second-order valence-corrected chi connectivity index (χ2v) is 6.55. The molecule has 0 saturated carbocycles. The largest absolute Gasteiger partial charge is 0.460 e. The molecule has 1 N–H and O–H groups in total. The van der Waals surface area contributed by atoms with Gasteiger partial charge in [0.2, 0.25) is 0 Å². The van der Waals surface area contributed by atoms with Gasteiger partial charge in [-0.1, -0.05) is 44.2 Å². The van der Waals surface area contributed by atoms with Gasteiger partial charge in [0.05, 0.1) is 12.5 Å². The zero-order valence-electron chi connectivity index (χ0n) is 13.1. The van der Waals surface area contributed by atoms with E-state index in [0.29, 0.717) is 0 Å². The highest BCUT2D eigenvalue weighted by Crippen LogP contribution is 2.31. The van der Waals surface area contributed by atoms with Gasteiger partial charge in [-0.3, -0.25) is 4.79 Å². The molecule has 3 nitrogen and oxygen atoms in total. The summed E-state index contributed by atoms with van der Waals surface area (Å²) in [5.74, 6) is -0.212. The second kappa shape index (κ2) is 6.89. The van der Waals surface area contributed by atoms with E-state index in [1.165, 1.54) is 0 Å². The lowest BCUT2D eigenvalue weighted by molar-refractivity contribution is -0.157. The Morgan fingerprint density at radius 3 is 2.20 bits per heavy atom. The molecule has 0 unspecified atom stereocenters. The number of esters is 1. The van der Waals surface area contributed by atoms with Crippen molar-refractivity contribution < 1.29 is 14.6 Å². The predicted octanol–water partition coefficient (Wildman–Crippen LogP) is 3.72. The first-order valence-electron chi connectivity index (χ1n) is 7.15. The average molecular weight is 278 g/mol. The molecule has 0 spiro atoms. The van der Waals surface area contributed by atoms with Crippen LogP contribution in [-0.2, 0) is 9.53 Å². The van der Waals surface area contributed by atoms with Gasteiger partial charge < -0.3 is 9.84 Å². The molecule has 0 heterocycles. The topological polar surface area (TPSA) is 46.5 Å². The molecule has 0 amide bonds. The molecule has 20 heavy (non-hydrogen) atoms. The van der Waals surface area contributed by atoms with E-state index in [0.717, 1.165) is 5.56 Å². The van der Waals surface area contributed by atoms with E-state index in [-0.39, 0.29) is 24.2 Å². The molecule has 1 rings (SSSR count). The van der Waals surface area contributed by atoms with Gasteiger partial charge in [0, 0.05) is 5.92 Å². The van der Waals surface area contributed by atoms with Crippen LogP contribution in [0.3, 0.4) is 0 Å². The minimum atomic E-state index is -0.649. The van der Waals surface area contributed by atoms with Crippen molar-refractivity contribution in [3.63, 3.8) is 0 Å². The lowest BCUT2D eigenvalue weighted by atomic mass is 9.84. The summed E-state index contributed by atoms with van der Waals surface area (Å²) < 4.78 is 5.35. The van der Waals surface area contributed by atoms with Crippen molar-refractivity contribution in [3.05, 3.63) is 35.9 Å². The summed E-state index contributed by atoms with van der Waals surface area (Å²) in [5.41, 5.74) is 0.353. The number of carbonyl (C=O) groups is 1. The normalized spacial score (nSPS) is 14.9. The summed E-state index contributed by atoms with van der Waals surface area (Å²) in [6, 6.07) is 9.46. The number of carbonyl (C=O) groups excluding carboxylic acids is 1. The number of aliphatic hydroxyl groups is 1. The molecule has 0 saturated heterocycles. The summed E-state index contributed by atoms with van der Waals surface area (Å²) in [4.78, 5) is 12.0. The SMILES string of the molecule is CC(C)[C@H](CC(=O)OC(C)(C)C)[C@H](O)c1ccccc1. The Hall–Kier alpha value is -1.35. The second-order valence-electron chi connectivity index (χ2n) is 6.55. The third-order valence-electron chi connectivity index (χ3n) is 3.23. The van der Waals surface area contributed by atoms with Crippen LogP contribution in [-0.4, -0.2) is 16.7 Å². The quantitative estimate of drug-likeness (QED) is 0.835. The Labute approximate surface area is 122 Å². The monoisotopic (exact) mass is 278 g/mol. The van der Waals surface area contributed by atoms with Crippen LogP contribution >= 0.6 is 0 Å². The fraction of sp³-hybridized carbons (Fsp3) is 0.588. The Kier molecular flexibility index (Phi) is 5.75. The predicted molar refractivity (Wildman–Crippen MR) is 80.2 cm³/mol. The summed E-state index contributed by atoms with van der Waals surface area (Å²) in [6.45, 7) is 9.58. The van der Waals surface area contributed by atoms with E-state index < -0.39 is 11.7 Å². The minimum Gasteiger partial charge on any atom is -0.460 e. The molecule has 112 valence electrons. The summed E-state index contributed by atoms with van der Waals surface area (Å²) in [5, 5.41) is 10.5. The van der Waals surface area contributed by atoms with Crippen LogP contribution in [0.25, 0.3) is 0 Å². The first-order chi connectivity index (χ1) is 9.20. The van der Waals surface area contributed by atoms with Crippen molar-refractivity contribution in [2.75, 3.05) is 0 Å². The smallest absolute Gasteiger partial charge is 0.306 e. The van der Waals surface area contributed by atoms with Crippen molar-refractivity contribution in [1.29, 1.82) is 0 Å². The zero-order chi connectivity index (χ0) is 15.3. The molecule has 1 aromatic carbocycles. The van der Waals surface area contributed by atoms with Gasteiger partial charge in [0.1, 0.15) is 5.60 Å². The Bertz CT molecular complexity index is 418. The molecule has 0 radical (unpaired) electrons. The summed E-state index contributed by atoms with van der Waals surface area (Å²) >= 11 is 0. The first kappa shape index (κ1) is 16.7. The zero-order valence-corrected chi connectivity index (χ0v) is 13.1. The number of rotatable bonds is 5. The van der Waals surface area contributed by atoms with Gasteiger partial charge in [-0.15, -0.1) is 0 Å². The van der Waals surface area contributed by atoms with Gasteiger partial charge in [0.15, 0.2) is 0 Å². The highest BCUT2D eigenvalue weighted by Gasteiger charge is 2.28. The number of hydrogen-bond acceptors (Lipinski definition) is 3. The van der Waals surface area contributed by atoms with Crippen molar-refractivity contribution in [1.82, 2.24) is 0 Å². The highest BCUT2D eigenvalue weighted by atomic mass is 16.6. The van der Waals surface area contributed by atoms with E-state index in [1.807, 2.05) is 65.0 Å². The summed E-state index contributed by atoms with van der Waals surface area (Å²) in [6.07, 6.45) is -0.422. The van der Waals surface area contributed by atoms with Crippen LogP contribution < -0.4 is 0 Å². The van der Waals surface area contributed by atoms with Crippen molar-refractivity contribution in [2.24, 2.45) is 11.8 Å². The maximum absolute atomic E-state index is 12.0. The van der Waals surface area contributed by atoms with Crippen LogP contribution in [0.5, 0.6) is 0 Å². The Balaban J connectivity index is 2.77. The van der Waals surface area contributed by atoms with E-state index in [4.69, 9.17) is 4.74 Å². The van der Waals surface area contributed by atoms with E-state index in [1.54, 1.807) is 0 Å². The fourth-order valence-electron chi connectivity index (χ4n) is 2.18. The molecule has 0 bridgehead atoms. The standard InChI is InChI=1S/C17H26O3/c1-12(2)14(11-15(18)20-17(3,4)5)16(19)13-9-7-6-8-10-13/h6-10,12,14,16,19H,11H2,1-5H3/t14-,16+/m0/s1. The maximum atomic E-state index is 12.0. The van der Waals surface area contributed by atoms with Gasteiger partial charge in [-0.05, 0) is 32.3 Å². The van der Waals surface area contributed by atoms with Gasteiger partial charge in [-0.25, -0.2) is 0 Å². The average Bonchev–Trinajstić information content (AvgIpc) is 2.34. The van der Waals surface area contributed by atoms with Crippen LogP contribution in [0.4, 0.5) is 0 Å². The minimum absolute atomic E-state index is 0.146. The van der Waals surface area contributed by atoms with Crippen molar-refractivity contribution in [2.45, 2.75) is 52.7 Å². The third kappa shape index (κ3) is 5.33. The van der Waals surface area contributed by atoms with Crippen LogP contribution in [0.2, 0.25) is 0 Å². The first-order valence-corrected chi connectivity index (χ1v) is 7.15. The molecule has 0 fully saturated rings. The van der Waals surface area contributed by atoms with Crippen LogP contribution in [0, 0.1) is 11.8 Å². The molecule has 0 aromatic heterocycles. The van der Waals surface area contributed by atoms with E-state index in [9.17, 15) is 9.90 Å². The maximum Gasteiger partial charge on any atom is 0.306 e. The van der Waals surface area contributed by atoms with E-state index in [2.05, 4.69) is 0 Å². The van der Waals surface area contributed by atoms with Crippen LogP contribution in [0.15, 0.2) is 30.3 Å². The third-order valence-corrected chi connectivity index (χ3v) is 3.23. The number of aliphatic hydroxyl groups excluding tert-OH is 1. The van der Waals surface area contributed by atoms with Gasteiger partial charge in [0.25, 0.3) is 0 Å². The molecule has 0 aliphatic rings. The lowest BCUT2D eigenvalue weighted by Crippen LogP contribution is -2.28. The molecule has 2 atom stereocenters. The molecule has 1 aromatic rings. The Morgan fingerprint density at radius 2 is 1.75 bits per heavy atom.